The lowest BCUT2D eigenvalue weighted by atomic mass is 9.81. The third kappa shape index (κ3) is 6.79. The molecular formula is C18H37N. The first kappa shape index (κ1) is 17.0. The SMILES string of the molecule is CC(C)C1CCCC(NC(C)(C)CC(C)(C)C)CC1. The van der Waals surface area contributed by atoms with Crippen LogP contribution in [0.1, 0.15) is 87.0 Å². The minimum atomic E-state index is 0.264. The Kier molecular flexibility index (Phi) is 5.92. The van der Waals surface area contributed by atoms with Crippen LogP contribution in [0.5, 0.6) is 0 Å². The largest absolute Gasteiger partial charge is 0.309 e. The third-order valence-electron chi connectivity index (χ3n) is 4.52. The van der Waals surface area contributed by atoms with Gasteiger partial charge in [0.25, 0.3) is 0 Å². The normalized spacial score (nSPS) is 26.5. The predicted octanol–water partition coefficient (Wildman–Crippen LogP) is 5.40. The number of hydrogen-bond donors (Lipinski definition) is 1. The van der Waals surface area contributed by atoms with E-state index in [2.05, 4.69) is 53.8 Å². The van der Waals surface area contributed by atoms with Crippen molar-refractivity contribution in [3.63, 3.8) is 0 Å². The highest BCUT2D eigenvalue weighted by atomic mass is 15.0. The molecule has 2 unspecified atom stereocenters. The van der Waals surface area contributed by atoms with Gasteiger partial charge in [0.15, 0.2) is 0 Å². The summed E-state index contributed by atoms with van der Waals surface area (Å²) in [6, 6.07) is 0.737. The van der Waals surface area contributed by atoms with Gasteiger partial charge in [-0.3, -0.25) is 0 Å². The van der Waals surface area contributed by atoms with Crippen LogP contribution in [0.25, 0.3) is 0 Å². The Labute approximate surface area is 121 Å². The highest BCUT2D eigenvalue weighted by Crippen LogP contribution is 2.32. The first-order valence-corrected chi connectivity index (χ1v) is 8.37. The van der Waals surface area contributed by atoms with Crippen LogP contribution in [0.2, 0.25) is 0 Å². The summed E-state index contributed by atoms with van der Waals surface area (Å²) >= 11 is 0. The molecule has 1 fully saturated rings. The van der Waals surface area contributed by atoms with E-state index in [0.717, 1.165) is 17.9 Å². The Hall–Kier alpha value is -0.0400. The Morgan fingerprint density at radius 1 is 0.947 bits per heavy atom. The van der Waals surface area contributed by atoms with E-state index in [9.17, 15) is 0 Å². The van der Waals surface area contributed by atoms with Gasteiger partial charge in [-0.15, -0.1) is 0 Å². The summed E-state index contributed by atoms with van der Waals surface area (Å²) in [5.74, 6) is 1.82. The average Bonchev–Trinajstić information content (AvgIpc) is 2.38. The maximum atomic E-state index is 3.95. The molecule has 1 aliphatic rings. The van der Waals surface area contributed by atoms with Crippen molar-refractivity contribution < 1.29 is 0 Å². The van der Waals surface area contributed by atoms with Gasteiger partial charge in [0.2, 0.25) is 0 Å². The van der Waals surface area contributed by atoms with E-state index in [1.165, 1.54) is 38.5 Å². The lowest BCUT2D eigenvalue weighted by molar-refractivity contribution is 0.214. The molecule has 0 heterocycles. The van der Waals surface area contributed by atoms with Gasteiger partial charge < -0.3 is 5.32 Å². The van der Waals surface area contributed by atoms with Gasteiger partial charge >= 0.3 is 0 Å². The Morgan fingerprint density at radius 3 is 2.11 bits per heavy atom. The highest BCUT2D eigenvalue weighted by molar-refractivity contribution is 4.88. The van der Waals surface area contributed by atoms with Crippen LogP contribution >= 0.6 is 0 Å². The molecule has 1 saturated carbocycles. The van der Waals surface area contributed by atoms with E-state index in [1.54, 1.807) is 0 Å². The standard InChI is InChI=1S/C18H37N/c1-14(2)15-9-8-10-16(12-11-15)19-18(6,7)13-17(3,4)5/h14-16,19H,8-13H2,1-7H3. The molecule has 19 heavy (non-hydrogen) atoms. The summed E-state index contributed by atoms with van der Waals surface area (Å²) in [6.45, 7) is 16.6. The van der Waals surface area contributed by atoms with E-state index in [0.29, 0.717) is 5.41 Å². The second kappa shape index (κ2) is 6.61. The van der Waals surface area contributed by atoms with Crippen LogP contribution in [0.15, 0.2) is 0 Å². The van der Waals surface area contributed by atoms with Crippen LogP contribution < -0.4 is 5.32 Å². The second-order valence-electron chi connectivity index (χ2n) is 8.97. The molecule has 1 rings (SSSR count). The molecule has 1 N–H and O–H groups in total. The zero-order chi connectivity index (χ0) is 14.7. The van der Waals surface area contributed by atoms with Crippen molar-refractivity contribution in [3.05, 3.63) is 0 Å². The number of nitrogens with one attached hydrogen (secondary N) is 1. The minimum absolute atomic E-state index is 0.264. The van der Waals surface area contributed by atoms with Crippen molar-refractivity contribution in [1.82, 2.24) is 5.32 Å². The fraction of sp³-hybridized carbons (Fsp3) is 1.00. The third-order valence-corrected chi connectivity index (χ3v) is 4.52. The van der Waals surface area contributed by atoms with E-state index >= 15 is 0 Å². The molecule has 2 atom stereocenters. The molecular weight excluding hydrogens is 230 g/mol. The monoisotopic (exact) mass is 267 g/mol. The van der Waals surface area contributed by atoms with Gasteiger partial charge in [-0.25, -0.2) is 0 Å². The molecule has 1 heteroatoms. The van der Waals surface area contributed by atoms with Crippen molar-refractivity contribution in [2.75, 3.05) is 0 Å². The molecule has 0 amide bonds. The molecule has 0 radical (unpaired) electrons. The Morgan fingerprint density at radius 2 is 1.58 bits per heavy atom. The summed E-state index contributed by atoms with van der Waals surface area (Å²) in [7, 11) is 0. The van der Waals surface area contributed by atoms with E-state index in [4.69, 9.17) is 0 Å². The smallest absolute Gasteiger partial charge is 0.0132 e. The molecule has 0 aromatic carbocycles. The summed E-state index contributed by atoms with van der Waals surface area (Å²) in [4.78, 5) is 0. The van der Waals surface area contributed by atoms with Crippen LogP contribution in [-0.4, -0.2) is 11.6 Å². The van der Waals surface area contributed by atoms with E-state index in [1.807, 2.05) is 0 Å². The summed E-state index contributed by atoms with van der Waals surface area (Å²) in [5.41, 5.74) is 0.669. The first-order chi connectivity index (χ1) is 8.59. The Balaban J connectivity index is 2.48. The van der Waals surface area contributed by atoms with Gasteiger partial charge in [0.05, 0.1) is 0 Å². The van der Waals surface area contributed by atoms with Crippen molar-refractivity contribution in [1.29, 1.82) is 0 Å². The van der Waals surface area contributed by atoms with Gasteiger partial charge in [-0.05, 0) is 56.8 Å². The van der Waals surface area contributed by atoms with Crippen molar-refractivity contribution >= 4 is 0 Å². The molecule has 0 saturated heterocycles. The van der Waals surface area contributed by atoms with Crippen LogP contribution in [0.3, 0.4) is 0 Å². The highest BCUT2D eigenvalue weighted by Gasteiger charge is 2.29. The molecule has 0 aromatic heterocycles. The molecule has 1 aliphatic carbocycles. The van der Waals surface area contributed by atoms with E-state index < -0.39 is 0 Å². The molecule has 0 bridgehead atoms. The van der Waals surface area contributed by atoms with Gasteiger partial charge in [-0.1, -0.05) is 47.5 Å². The van der Waals surface area contributed by atoms with Crippen LogP contribution in [0.4, 0.5) is 0 Å². The lowest BCUT2D eigenvalue weighted by Crippen LogP contribution is -2.47. The second-order valence-corrected chi connectivity index (χ2v) is 8.97. The zero-order valence-electron chi connectivity index (χ0n) is 14.5. The molecule has 114 valence electrons. The number of rotatable bonds is 4. The molecule has 0 aliphatic heterocycles. The quantitative estimate of drug-likeness (QED) is 0.673. The zero-order valence-corrected chi connectivity index (χ0v) is 14.5. The van der Waals surface area contributed by atoms with Gasteiger partial charge in [0.1, 0.15) is 0 Å². The molecule has 0 aromatic rings. The fourth-order valence-electron chi connectivity index (χ4n) is 4.07. The van der Waals surface area contributed by atoms with Crippen molar-refractivity contribution in [3.8, 4) is 0 Å². The maximum absolute atomic E-state index is 3.95. The van der Waals surface area contributed by atoms with Crippen LogP contribution in [0, 0.1) is 17.3 Å². The Bertz CT molecular complexity index is 259. The van der Waals surface area contributed by atoms with Crippen LogP contribution in [-0.2, 0) is 0 Å². The maximum Gasteiger partial charge on any atom is 0.0132 e. The summed E-state index contributed by atoms with van der Waals surface area (Å²) in [5, 5.41) is 3.95. The predicted molar refractivity (Wildman–Crippen MR) is 86.5 cm³/mol. The summed E-state index contributed by atoms with van der Waals surface area (Å²) in [6.07, 6.45) is 8.25. The van der Waals surface area contributed by atoms with E-state index in [-0.39, 0.29) is 5.54 Å². The molecule has 1 nitrogen and oxygen atoms in total. The fourth-order valence-corrected chi connectivity index (χ4v) is 4.07. The van der Waals surface area contributed by atoms with Crippen molar-refractivity contribution in [2.24, 2.45) is 17.3 Å². The van der Waals surface area contributed by atoms with Gasteiger partial charge in [0, 0.05) is 11.6 Å². The lowest BCUT2D eigenvalue weighted by Gasteiger charge is -2.37. The topological polar surface area (TPSA) is 12.0 Å². The molecule has 0 spiro atoms. The summed E-state index contributed by atoms with van der Waals surface area (Å²) < 4.78 is 0. The average molecular weight is 268 g/mol. The van der Waals surface area contributed by atoms with Gasteiger partial charge in [-0.2, -0.15) is 0 Å². The van der Waals surface area contributed by atoms with Crippen molar-refractivity contribution in [2.45, 2.75) is 98.6 Å². The minimum Gasteiger partial charge on any atom is -0.309 e. The first-order valence-electron chi connectivity index (χ1n) is 8.37. The number of hydrogen-bond acceptors (Lipinski definition) is 1.